The van der Waals surface area contributed by atoms with E-state index in [9.17, 15) is 9.90 Å². The monoisotopic (exact) mass is 420 g/mol. The van der Waals surface area contributed by atoms with Crippen LogP contribution in [0.4, 0.5) is 5.69 Å². The molecule has 0 unspecified atom stereocenters. The molecule has 0 bridgehead atoms. The second kappa shape index (κ2) is 9.59. The summed E-state index contributed by atoms with van der Waals surface area (Å²) < 4.78 is 6.57. The summed E-state index contributed by atoms with van der Waals surface area (Å²) in [5, 5.41) is 16.1. The Labute approximate surface area is 162 Å². The highest BCUT2D eigenvalue weighted by molar-refractivity contribution is 9.10. The van der Waals surface area contributed by atoms with E-state index in [4.69, 9.17) is 4.74 Å². The van der Waals surface area contributed by atoms with Crippen molar-refractivity contribution in [1.82, 2.24) is 5.32 Å². The maximum absolute atomic E-state index is 12.0. The van der Waals surface area contributed by atoms with Crippen LogP contribution in [0.1, 0.15) is 31.1 Å². The summed E-state index contributed by atoms with van der Waals surface area (Å²) in [5.74, 6) is 0.584. The Morgan fingerprint density at radius 1 is 1.19 bits per heavy atom. The van der Waals surface area contributed by atoms with Crippen molar-refractivity contribution in [3.05, 3.63) is 58.1 Å². The summed E-state index contributed by atoms with van der Waals surface area (Å²) in [6.45, 7) is 6.20. The van der Waals surface area contributed by atoms with Crippen LogP contribution in [0.5, 0.6) is 5.75 Å². The Hall–Kier alpha value is -2.05. The van der Waals surface area contributed by atoms with E-state index in [1.54, 1.807) is 12.1 Å². The minimum absolute atomic E-state index is 0.104. The molecule has 2 rings (SSSR count). The SMILES string of the molecule is Cc1cc(Br)ccc1NCC(=O)NC[C@@H](O)c1ccc(OC(C)C)cc1. The van der Waals surface area contributed by atoms with Crippen molar-refractivity contribution in [1.29, 1.82) is 0 Å². The fraction of sp³-hybridized carbons (Fsp3) is 0.350. The van der Waals surface area contributed by atoms with Crippen LogP contribution in [0.2, 0.25) is 0 Å². The van der Waals surface area contributed by atoms with Gasteiger partial charge in [-0.15, -0.1) is 0 Å². The van der Waals surface area contributed by atoms with Crippen LogP contribution < -0.4 is 15.4 Å². The molecule has 0 aliphatic heterocycles. The number of aryl methyl sites for hydroxylation is 1. The normalized spacial score (nSPS) is 11.9. The van der Waals surface area contributed by atoms with E-state index in [0.717, 1.165) is 27.0 Å². The number of hydrogen-bond donors (Lipinski definition) is 3. The van der Waals surface area contributed by atoms with Gasteiger partial charge in [-0.2, -0.15) is 0 Å². The highest BCUT2D eigenvalue weighted by atomic mass is 79.9. The van der Waals surface area contributed by atoms with Gasteiger partial charge in [-0.05, 0) is 62.2 Å². The largest absolute Gasteiger partial charge is 0.491 e. The maximum atomic E-state index is 12.0. The summed E-state index contributed by atoms with van der Waals surface area (Å²) in [6, 6.07) is 13.1. The third-order valence-electron chi connectivity index (χ3n) is 3.76. The zero-order valence-electron chi connectivity index (χ0n) is 15.3. The molecule has 0 aliphatic rings. The summed E-state index contributed by atoms with van der Waals surface area (Å²) in [6.07, 6.45) is -0.659. The lowest BCUT2D eigenvalue weighted by atomic mass is 10.1. The number of hydrogen-bond acceptors (Lipinski definition) is 4. The molecule has 1 atom stereocenters. The third-order valence-corrected chi connectivity index (χ3v) is 4.25. The van der Waals surface area contributed by atoms with Gasteiger partial charge in [-0.3, -0.25) is 4.79 Å². The topological polar surface area (TPSA) is 70.6 Å². The van der Waals surface area contributed by atoms with Crippen molar-refractivity contribution >= 4 is 27.5 Å². The molecule has 0 saturated heterocycles. The molecule has 140 valence electrons. The van der Waals surface area contributed by atoms with E-state index in [1.165, 1.54) is 0 Å². The number of benzene rings is 2. The zero-order valence-corrected chi connectivity index (χ0v) is 16.8. The van der Waals surface area contributed by atoms with Gasteiger partial charge >= 0.3 is 0 Å². The number of amides is 1. The van der Waals surface area contributed by atoms with E-state index in [-0.39, 0.29) is 25.1 Å². The summed E-state index contributed by atoms with van der Waals surface area (Å²) in [7, 11) is 0. The van der Waals surface area contributed by atoms with Crippen molar-refractivity contribution in [2.75, 3.05) is 18.4 Å². The molecule has 3 N–H and O–H groups in total. The average Bonchev–Trinajstić information content (AvgIpc) is 2.59. The lowest BCUT2D eigenvalue weighted by molar-refractivity contribution is -0.119. The number of carbonyl (C=O) groups excluding carboxylic acids is 1. The maximum Gasteiger partial charge on any atom is 0.239 e. The Morgan fingerprint density at radius 3 is 2.50 bits per heavy atom. The molecular weight excluding hydrogens is 396 g/mol. The lowest BCUT2D eigenvalue weighted by Crippen LogP contribution is -2.33. The smallest absolute Gasteiger partial charge is 0.239 e. The number of rotatable bonds is 8. The Kier molecular flexibility index (Phi) is 7.48. The number of ether oxygens (including phenoxy) is 1. The predicted octanol–water partition coefficient (Wildman–Crippen LogP) is 3.81. The molecule has 2 aromatic rings. The van der Waals surface area contributed by atoms with Crippen molar-refractivity contribution in [3.8, 4) is 5.75 Å². The van der Waals surface area contributed by atoms with Crippen LogP contribution in [-0.2, 0) is 4.79 Å². The highest BCUT2D eigenvalue weighted by Gasteiger charge is 2.10. The molecule has 0 radical (unpaired) electrons. The van der Waals surface area contributed by atoms with E-state index in [1.807, 2.05) is 51.1 Å². The van der Waals surface area contributed by atoms with Gasteiger partial charge in [-0.1, -0.05) is 28.1 Å². The summed E-state index contributed by atoms with van der Waals surface area (Å²) >= 11 is 3.41. The zero-order chi connectivity index (χ0) is 19.1. The lowest BCUT2D eigenvalue weighted by Gasteiger charge is -2.15. The van der Waals surface area contributed by atoms with Gasteiger partial charge in [0.2, 0.25) is 5.91 Å². The minimum Gasteiger partial charge on any atom is -0.491 e. The van der Waals surface area contributed by atoms with Gasteiger partial charge in [0.1, 0.15) is 5.75 Å². The molecular formula is C20H25BrN2O3. The molecule has 26 heavy (non-hydrogen) atoms. The first-order valence-electron chi connectivity index (χ1n) is 8.56. The van der Waals surface area contributed by atoms with Crippen molar-refractivity contribution in [3.63, 3.8) is 0 Å². The Bertz CT molecular complexity index is 732. The molecule has 0 aliphatic carbocycles. The molecule has 0 spiro atoms. The molecule has 0 aromatic heterocycles. The second-order valence-corrected chi connectivity index (χ2v) is 7.28. The molecule has 2 aromatic carbocycles. The van der Waals surface area contributed by atoms with Crippen LogP contribution in [-0.4, -0.2) is 30.2 Å². The molecule has 0 heterocycles. The Balaban J connectivity index is 1.79. The Morgan fingerprint density at radius 2 is 1.88 bits per heavy atom. The first-order chi connectivity index (χ1) is 12.3. The van der Waals surface area contributed by atoms with Crippen molar-refractivity contribution in [2.45, 2.75) is 33.0 Å². The van der Waals surface area contributed by atoms with Crippen LogP contribution in [0, 0.1) is 6.92 Å². The molecule has 0 saturated carbocycles. The number of carbonyl (C=O) groups is 1. The standard InChI is InChI=1S/C20H25BrN2O3/c1-13(2)26-17-7-4-15(5-8-17)19(24)11-23-20(25)12-22-18-9-6-16(21)10-14(18)3/h4-10,13,19,22,24H,11-12H2,1-3H3,(H,23,25)/t19-/m1/s1. The highest BCUT2D eigenvalue weighted by Crippen LogP contribution is 2.20. The van der Waals surface area contributed by atoms with Crippen LogP contribution in [0.15, 0.2) is 46.9 Å². The summed E-state index contributed by atoms with van der Waals surface area (Å²) in [5.41, 5.74) is 2.69. The van der Waals surface area contributed by atoms with Gasteiger partial charge < -0.3 is 20.5 Å². The van der Waals surface area contributed by atoms with Crippen LogP contribution in [0.25, 0.3) is 0 Å². The van der Waals surface area contributed by atoms with E-state index < -0.39 is 6.10 Å². The number of anilines is 1. The number of halogens is 1. The second-order valence-electron chi connectivity index (χ2n) is 6.37. The molecule has 0 fully saturated rings. The fourth-order valence-electron chi connectivity index (χ4n) is 2.43. The fourth-order valence-corrected chi connectivity index (χ4v) is 2.91. The van der Waals surface area contributed by atoms with E-state index >= 15 is 0 Å². The first-order valence-corrected chi connectivity index (χ1v) is 9.36. The quantitative estimate of drug-likeness (QED) is 0.607. The van der Waals surface area contributed by atoms with Crippen molar-refractivity contribution < 1.29 is 14.6 Å². The number of aliphatic hydroxyl groups is 1. The molecule has 5 nitrogen and oxygen atoms in total. The van der Waals surface area contributed by atoms with Gasteiger partial charge in [0.15, 0.2) is 0 Å². The first kappa shape index (κ1) is 20.3. The third kappa shape index (κ3) is 6.35. The van der Waals surface area contributed by atoms with E-state index in [0.29, 0.717) is 0 Å². The summed E-state index contributed by atoms with van der Waals surface area (Å²) in [4.78, 5) is 12.0. The van der Waals surface area contributed by atoms with Crippen LogP contribution >= 0.6 is 15.9 Å². The van der Waals surface area contributed by atoms with Gasteiger partial charge in [0.25, 0.3) is 0 Å². The average molecular weight is 421 g/mol. The molecule has 6 heteroatoms. The van der Waals surface area contributed by atoms with Gasteiger partial charge in [0, 0.05) is 16.7 Å². The molecule has 1 amide bonds. The minimum atomic E-state index is -0.763. The van der Waals surface area contributed by atoms with E-state index in [2.05, 4.69) is 26.6 Å². The van der Waals surface area contributed by atoms with Gasteiger partial charge in [0.05, 0.1) is 18.8 Å². The number of aliphatic hydroxyl groups excluding tert-OH is 1. The predicted molar refractivity (Wildman–Crippen MR) is 108 cm³/mol. The van der Waals surface area contributed by atoms with Crippen LogP contribution in [0.3, 0.4) is 0 Å². The van der Waals surface area contributed by atoms with Gasteiger partial charge in [-0.25, -0.2) is 0 Å². The van der Waals surface area contributed by atoms with Crippen molar-refractivity contribution in [2.24, 2.45) is 0 Å². The number of nitrogens with one attached hydrogen (secondary N) is 2.